The van der Waals surface area contributed by atoms with Crippen LogP contribution in [0.1, 0.15) is 11.8 Å². The van der Waals surface area contributed by atoms with Crippen LogP contribution in [0.4, 0.5) is 0 Å². The summed E-state index contributed by atoms with van der Waals surface area (Å²) in [6, 6.07) is 0. The molecule has 6 heteroatoms. The van der Waals surface area contributed by atoms with Crippen molar-refractivity contribution in [3.05, 3.63) is 30.5 Å². The Bertz CT molecular complexity index is 394. The fourth-order valence-electron chi connectivity index (χ4n) is 1.23. The van der Waals surface area contributed by atoms with Crippen LogP contribution in [0.5, 0.6) is 0 Å². The van der Waals surface area contributed by atoms with Gasteiger partial charge in [0.15, 0.2) is 0 Å². The molecule has 0 bridgehead atoms. The Morgan fingerprint density at radius 3 is 3.07 bits per heavy atom. The molecule has 0 aliphatic rings. The fourth-order valence-corrected chi connectivity index (χ4v) is 1.23. The Balaban J connectivity index is 1.67. The molecule has 0 unspecified atom stereocenters. The van der Waals surface area contributed by atoms with Gasteiger partial charge in [-0.15, -0.1) is 10.2 Å². The zero-order valence-electron chi connectivity index (χ0n) is 8.55. The molecule has 0 aliphatic carbocycles. The van der Waals surface area contributed by atoms with Crippen molar-refractivity contribution >= 4 is 0 Å². The first-order valence-corrected chi connectivity index (χ1v) is 4.80. The molecule has 2 aromatic heterocycles. The zero-order valence-corrected chi connectivity index (χ0v) is 8.55. The van der Waals surface area contributed by atoms with E-state index in [1.54, 1.807) is 19.4 Å². The standard InChI is InChI=1S/C9H13N5O/c1-8-12-13-9(15-8)6-10-2-4-14-5-3-11-7-14/h3,5,7,10H,2,4,6H2,1H3. The van der Waals surface area contributed by atoms with Crippen LogP contribution in [0.15, 0.2) is 23.1 Å². The summed E-state index contributed by atoms with van der Waals surface area (Å²) in [7, 11) is 0. The van der Waals surface area contributed by atoms with E-state index >= 15 is 0 Å². The Labute approximate surface area is 87.3 Å². The number of aryl methyl sites for hydroxylation is 1. The van der Waals surface area contributed by atoms with Crippen LogP contribution in [-0.2, 0) is 13.1 Å². The summed E-state index contributed by atoms with van der Waals surface area (Å²) in [4.78, 5) is 3.96. The van der Waals surface area contributed by atoms with Gasteiger partial charge in [-0.05, 0) is 0 Å². The number of nitrogens with zero attached hydrogens (tertiary/aromatic N) is 4. The van der Waals surface area contributed by atoms with Crippen molar-refractivity contribution in [2.75, 3.05) is 6.54 Å². The molecule has 0 atom stereocenters. The van der Waals surface area contributed by atoms with E-state index in [9.17, 15) is 0 Å². The molecular formula is C9H13N5O. The van der Waals surface area contributed by atoms with Gasteiger partial charge in [-0.3, -0.25) is 0 Å². The molecule has 80 valence electrons. The highest BCUT2D eigenvalue weighted by Gasteiger charge is 2.00. The lowest BCUT2D eigenvalue weighted by Gasteiger charge is -2.02. The Morgan fingerprint density at radius 2 is 2.40 bits per heavy atom. The first-order valence-electron chi connectivity index (χ1n) is 4.80. The average molecular weight is 207 g/mol. The van der Waals surface area contributed by atoms with Crippen molar-refractivity contribution < 1.29 is 4.42 Å². The van der Waals surface area contributed by atoms with Gasteiger partial charge in [0.2, 0.25) is 11.8 Å². The number of hydrogen-bond acceptors (Lipinski definition) is 5. The van der Waals surface area contributed by atoms with E-state index in [0.717, 1.165) is 13.1 Å². The minimum Gasteiger partial charge on any atom is -0.424 e. The Hall–Kier alpha value is -1.69. The minimum atomic E-state index is 0.599. The highest BCUT2D eigenvalue weighted by atomic mass is 16.4. The second-order valence-electron chi connectivity index (χ2n) is 3.19. The summed E-state index contributed by atoms with van der Waals surface area (Å²) in [6.45, 7) is 4.11. The molecule has 0 aromatic carbocycles. The van der Waals surface area contributed by atoms with Crippen molar-refractivity contribution in [3.63, 3.8) is 0 Å². The van der Waals surface area contributed by atoms with Gasteiger partial charge >= 0.3 is 0 Å². The molecule has 0 fully saturated rings. The van der Waals surface area contributed by atoms with E-state index in [4.69, 9.17) is 4.42 Å². The quantitative estimate of drug-likeness (QED) is 0.717. The molecule has 6 nitrogen and oxygen atoms in total. The van der Waals surface area contributed by atoms with Crippen LogP contribution in [0.25, 0.3) is 0 Å². The third kappa shape index (κ3) is 2.88. The number of hydrogen-bond donors (Lipinski definition) is 1. The van der Waals surface area contributed by atoms with Crippen molar-refractivity contribution in [2.24, 2.45) is 0 Å². The predicted octanol–water partition coefficient (Wildman–Crippen LogP) is 0.364. The molecular weight excluding hydrogens is 194 g/mol. The minimum absolute atomic E-state index is 0.599. The zero-order chi connectivity index (χ0) is 10.5. The predicted molar refractivity (Wildman–Crippen MR) is 53.0 cm³/mol. The van der Waals surface area contributed by atoms with Gasteiger partial charge in [-0.25, -0.2) is 4.98 Å². The van der Waals surface area contributed by atoms with Crippen molar-refractivity contribution in [1.82, 2.24) is 25.1 Å². The van der Waals surface area contributed by atoms with Crippen LogP contribution < -0.4 is 5.32 Å². The third-order valence-electron chi connectivity index (χ3n) is 1.95. The van der Waals surface area contributed by atoms with Gasteiger partial charge in [-0.1, -0.05) is 0 Å². The smallest absolute Gasteiger partial charge is 0.230 e. The molecule has 0 aliphatic heterocycles. The van der Waals surface area contributed by atoms with Crippen LogP contribution in [0, 0.1) is 6.92 Å². The Morgan fingerprint density at radius 1 is 1.47 bits per heavy atom. The van der Waals surface area contributed by atoms with Gasteiger partial charge in [-0.2, -0.15) is 0 Å². The largest absolute Gasteiger partial charge is 0.424 e. The van der Waals surface area contributed by atoms with Crippen molar-refractivity contribution in [2.45, 2.75) is 20.0 Å². The lowest BCUT2D eigenvalue weighted by Crippen LogP contribution is -2.19. The first kappa shape index (κ1) is 9.85. The van der Waals surface area contributed by atoms with E-state index in [0.29, 0.717) is 18.3 Å². The summed E-state index contributed by atoms with van der Waals surface area (Å²) in [6.07, 6.45) is 5.48. The molecule has 1 N–H and O–H groups in total. The molecule has 0 saturated carbocycles. The lowest BCUT2D eigenvalue weighted by atomic mass is 10.5. The van der Waals surface area contributed by atoms with Gasteiger partial charge in [0, 0.05) is 32.4 Å². The Kier molecular flexibility index (Phi) is 3.08. The summed E-state index contributed by atoms with van der Waals surface area (Å²) >= 11 is 0. The molecule has 0 spiro atoms. The van der Waals surface area contributed by atoms with Crippen LogP contribution in [-0.4, -0.2) is 26.3 Å². The first-order chi connectivity index (χ1) is 7.34. The third-order valence-corrected chi connectivity index (χ3v) is 1.95. The monoisotopic (exact) mass is 207 g/mol. The number of imidazole rings is 1. The summed E-state index contributed by atoms with van der Waals surface area (Å²) in [5.41, 5.74) is 0. The number of nitrogens with one attached hydrogen (secondary N) is 1. The van der Waals surface area contributed by atoms with E-state index < -0.39 is 0 Å². The van der Waals surface area contributed by atoms with Crippen LogP contribution in [0.2, 0.25) is 0 Å². The van der Waals surface area contributed by atoms with E-state index in [1.807, 2.05) is 10.8 Å². The highest BCUT2D eigenvalue weighted by Crippen LogP contribution is 1.96. The number of rotatable bonds is 5. The van der Waals surface area contributed by atoms with Gasteiger partial charge < -0.3 is 14.3 Å². The second kappa shape index (κ2) is 4.70. The van der Waals surface area contributed by atoms with Crippen LogP contribution in [0.3, 0.4) is 0 Å². The highest BCUT2D eigenvalue weighted by molar-refractivity contribution is 4.78. The molecule has 2 heterocycles. The summed E-state index contributed by atoms with van der Waals surface area (Å²) < 4.78 is 7.22. The number of aromatic nitrogens is 4. The van der Waals surface area contributed by atoms with E-state index in [-0.39, 0.29) is 0 Å². The maximum absolute atomic E-state index is 5.22. The average Bonchev–Trinajstić information content (AvgIpc) is 2.84. The summed E-state index contributed by atoms with van der Waals surface area (Å²) in [5.74, 6) is 1.22. The van der Waals surface area contributed by atoms with Gasteiger partial charge in [0.1, 0.15) is 0 Å². The molecule has 15 heavy (non-hydrogen) atoms. The van der Waals surface area contributed by atoms with Gasteiger partial charge in [0.25, 0.3) is 0 Å². The molecule has 0 amide bonds. The van der Waals surface area contributed by atoms with E-state index in [1.165, 1.54) is 0 Å². The molecule has 2 rings (SSSR count). The molecule has 0 saturated heterocycles. The second-order valence-corrected chi connectivity index (χ2v) is 3.19. The maximum atomic E-state index is 5.22. The SMILES string of the molecule is Cc1nnc(CNCCn2ccnc2)o1. The maximum Gasteiger partial charge on any atom is 0.230 e. The van der Waals surface area contributed by atoms with Crippen LogP contribution >= 0.6 is 0 Å². The van der Waals surface area contributed by atoms with E-state index in [2.05, 4.69) is 20.5 Å². The molecule has 2 aromatic rings. The van der Waals surface area contributed by atoms with Gasteiger partial charge in [0.05, 0.1) is 12.9 Å². The van der Waals surface area contributed by atoms with Crippen molar-refractivity contribution in [3.8, 4) is 0 Å². The normalized spacial score (nSPS) is 10.7. The lowest BCUT2D eigenvalue weighted by molar-refractivity contribution is 0.442. The summed E-state index contributed by atoms with van der Waals surface area (Å²) in [5, 5.41) is 10.8. The topological polar surface area (TPSA) is 68.8 Å². The molecule has 0 radical (unpaired) electrons. The van der Waals surface area contributed by atoms with Crippen molar-refractivity contribution in [1.29, 1.82) is 0 Å². The fraction of sp³-hybridized carbons (Fsp3) is 0.444.